The van der Waals surface area contributed by atoms with Crippen molar-refractivity contribution < 1.29 is 0 Å². The van der Waals surface area contributed by atoms with Gasteiger partial charge < -0.3 is 5.41 Å². The zero-order chi connectivity index (χ0) is 16.1. The second-order valence-electron chi connectivity index (χ2n) is 6.12. The van der Waals surface area contributed by atoms with E-state index in [9.17, 15) is 0 Å². The molecule has 2 rings (SSSR count). The predicted octanol–water partition coefficient (Wildman–Crippen LogP) is 6.03. The normalized spacial score (nSPS) is 16.2. The Kier molecular flexibility index (Phi) is 5.32. The summed E-state index contributed by atoms with van der Waals surface area (Å²) in [6.07, 6.45) is 10.2. The third kappa shape index (κ3) is 4.17. The number of aryl methyl sites for hydroxylation is 1. The third-order valence-corrected chi connectivity index (χ3v) is 4.30. The fourth-order valence-corrected chi connectivity index (χ4v) is 2.50. The minimum absolute atomic E-state index is 0.625. The Morgan fingerprint density at radius 3 is 2.36 bits per heavy atom. The quantitative estimate of drug-likeness (QED) is 0.517. The van der Waals surface area contributed by atoms with E-state index in [1.54, 1.807) is 0 Å². The molecule has 0 heterocycles. The van der Waals surface area contributed by atoms with Crippen molar-refractivity contribution in [2.75, 3.05) is 0 Å². The van der Waals surface area contributed by atoms with Crippen molar-refractivity contribution in [1.82, 2.24) is 0 Å². The zero-order valence-electron chi connectivity index (χ0n) is 14.0. The summed E-state index contributed by atoms with van der Waals surface area (Å²) in [7, 11) is 0. The van der Waals surface area contributed by atoms with Crippen LogP contribution in [0.4, 0.5) is 0 Å². The van der Waals surface area contributed by atoms with Crippen LogP contribution in [0.25, 0.3) is 5.57 Å². The van der Waals surface area contributed by atoms with Crippen LogP contribution in [0.5, 0.6) is 0 Å². The highest BCUT2D eigenvalue weighted by Crippen LogP contribution is 2.24. The van der Waals surface area contributed by atoms with E-state index in [0.29, 0.717) is 5.71 Å². The van der Waals surface area contributed by atoms with Gasteiger partial charge in [-0.1, -0.05) is 59.2 Å². The van der Waals surface area contributed by atoms with E-state index in [4.69, 9.17) is 5.41 Å². The highest BCUT2D eigenvalue weighted by molar-refractivity contribution is 6.06. The molecule has 1 nitrogen and oxygen atoms in total. The molecule has 1 N–H and O–H groups in total. The highest BCUT2D eigenvalue weighted by Gasteiger charge is 2.09. The molecule has 1 aliphatic rings. The van der Waals surface area contributed by atoms with Crippen molar-refractivity contribution in [2.24, 2.45) is 0 Å². The molecule has 1 aromatic carbocycles. The molecule has 0 saturated carbocycles. The Morgan fingerprint density at radius 1 is 1.05 bits per heavy atom. The molecular formula is C21H25N. The van der Waals surface area contributed by atoms with Gasteiger partial charge in [0, 0.05) is 0 Å². The van der Waals surface area contributed by atoms with Gasteiger partial charge in [-0.05, 0) is 63.3 Å². The first kappa shape index (κ1) is 16.2. The van der Waals surface area contributed by atoms with E-state index >= 15 is 0 Å². The zero-order valence-corrected chi connectivity index (χ0v) is 14.0. The molecule has 1 heteroatoms. The molecule has 1 aromatic rings. The summed E-state index contributed by atoms with van der Waals surface area (Å²) in [4.78, 5) is 0. The van der Waals surface area contributed by atoms with Gasteiger partial charge >= 0.3 is 0 Å². The summed E-state index contributed by atoms with van der Waals surface area (Å²) < 4.78 is 0. The molecule has 0 fully saturated rings. The summed E-state index contributed by atoms with van der Waals surface area (Å²) in [5, 5.41) is 8.21. The summed E-state index contributed by atoms with van der Waals surface area (Å²) in [6.45, 7) is 8.51. The minimum atomic E-state index is 0.625. The lowest BCUT2D eigenvalue weighted by Gasteiger charge is -2.14. The molecule has 0 atom stereocenters. The van der Waals surface area contributed by atoms with Gasteiger partial charge in [-0.15, -0.1) is 0 Å². The van der Waals surface area contributed by atoms with Crippen LogP contribution in [0.15, 0.2) is 65.3 Å². The Balaban J connectivity index is 2.06. The maximum Gasteiger partial charge on any atom is 0.0572 e. The summed E-state index contributed by atoms with van der Waals surface area (Å²) in [5.74, 6) is 0. The van der Waals surface area contributed by atoms with Crippen molar-refractivity contribution in [2.45, 2.75) is 40.5 Å². The Hall–Kier alpha value is -2.15. The maximum absolute atomic E-state index is 8.21. The molecule has 0 spiro atoms. The minimum Gasteiger partial charge on any atom is -0.301 e. The van der Waals surface area contributed by atoms with Crippen molar-refractivity contribution in [1.29, 1.82) is 5.41 Å². The maximum atomic E-state index is 8.21. The van der Waals surface area contributed by atoms with Gasteiger partial charge in [-0.2, -0.15) is 0 Å². The van der Waals surface area contributed by atoms with Crippen molar-refractivity contribution >= 4 is 11.3 Å². The van der Waals surface area contributed by atoms with Gasteiger partial charge in [-0.25, -0.2) is 0 Å². The van der Waals surface area contributed by atoms with Crippen LogP contribution in [0.3, 0.4) is 0 Å². The first-order valence-corrected chi connectivity index (χ1v) is 7.85. The molecule has 0 unspecified atom stereocenters. The van der Waals surface area contributed by atoms with Crippen LogP contribution < -0.4 is 0 Å². The van der Waals surface area contributed by atoms with Crippen LogP contribution in [-0.4, -0.2) is 5.71 Å². The number of hydrogen-bond donors (Lipinski definition) is 1. The summed E-state index contributed by atoms with van der Waals surface area (Å²) in [6, 6.07) is 8.53. The summed E-state index contributed by atoms with van der Waals surface area (Å²) in [5.41, 5.74) is 8.24. The van der Waals surface area contributed by atoms with Gasteiger partial charge in [0.05, 0.1) is 5.71 Å². The van der Waals surface area contributed by atoms with Crippen LogP contribution in [-0.2, 0) is 0 Å². The average Bonchev–Trinajstić information content (AvgIpc) is 2.50. The van der Waals surface area contributed by atoms with Gasteiger partial charge in [0.1, 0.15) is 0 Å². The number of allylic oxidation sites excluding steroid dienone is 8. The standard InChI is InChI=1S/C21H25N/c1-15-8-11-19(12-9-15)17(3)6-5-7-21(22)20-13-10-16(2)18(4)14-20/h5-9,11-12,14,22H,10,13H2,1-4H3/b7-5-,17-6+,22-21?. The number of nitrogens with one attached hydrogen (secondary N) is 1. The lowest BCUT2D eigenvalue weighted by Crippen LogP contribution is -2.03. The van der Waals surface area contributed by atoms with Gasteiger partial charge in [0.2, 0.25) is 0 Å². The Morgan fingerprint density at radius 2 is 1.73 bits per heavy atom. The van der Waals surface area contributed by atoms with Gasteiger partial charge in [0.15, 0.2) is 0 Å². The molecular weight excluding hydrogens is 266 g/mol. The van der Waals surface area contributed by atoms with E-state index in [0.717, 1.165) is 18.4 Å². The number of hydrogen-bond acceptors (Lipinski definition) is 1. The third-order valence-electron chi connectivity index (χ3n) is 4.30. The van der Waals surface area contributed by atoms with Crippen molar-refractivity contribution in [3.8, 4) is 0 Å². The second kappa shape index (κ2) is 7.22. The predicted molar refractivity (Wildman–Crippen MR) is 97.4 cm³/mol. The fraction of sp³-hybridized carbons (Fsp3) is 0.286. The van der Waals surface area contributed by atoms with Crippen LogP contribution in [0.1, 0.15) is 44.7 Å². The second-order valence-corrected chi connectivity index (χ2v) is 6.12. The molecule has 0 aliphatic heterocycles. The SMILES string of the molecule is CC1=C(C)CCC(C(=N)/C=C\C=C(/C)c2ccc(C)cc2)=C1. The molecule has 0 bridgehead atoms. The largest absolute Gasteiger partial charge is 0.301 e. The number of rotatable bonds is 4. The first-order chi connectivity index (χ1) is 10.5. The highest BCUT2D eigenvalue weighted by atomic mass is 14.4. The molecule has 0 amide bonds. The molecule has 1 aliphatic carbocycles. The molecule has 0 radical (unpaired) electrons. The van der Waals surface area contributed by atoms with Crippen LogP contribution in [0, 0.1) is 12.3 Å². The van der Waals surface area contributed by atoms with Gasteiger partial charge in [0.25, 0.3) is 0 Å². The molecule has 0 aromatic heterocycles. The van der Waals surface area contributed by atoms with E-state index in [1.165, 1.54) is 27.8 Å². The average molecular weight is 291 g/mol. The molecule has 114 valence electrons. The smallest absolute Gasteiger partial charge is 0.0572 e. The van der Waals surface area contributed by atoms with E-state index in [-0.39, 0.29) is 0 Å². The van der Waals surface area contributed by atoms with Crippen molar-refractivity contribution in [3.05, 3.63) is 76.4 Å². The Labute approximate surface area is 134 Å². The van der Waals surface area contributed by atoms with E-state index < -0.39 is 0 Å². The lowest BCUT2D eigenvalue weighted by atomic mass is 9.91. The van der Waals surface area contributed by atoms with Crippen LogP contribution in [0.2, 0.25) is 0 Å². The lowest BCUT2D eigenvalue weighted by molar-refractivity contribution is 0.916. The van der Waals surface area contributed by atoms with Crippen molar-refractivity contribution in [3.63, 3.8) is 0 Å². The monoisotopic (exact) mass is 291 g/mol. The topological polar surface area (TPSA) is 23.9 Å². The fourth-order valence-electron chi connectivity index (χ4n) is 2.50. The molecule has 0 saturated heterocycles. The molecule has 22 heavy (non-hydrogen) atoms. The summed E-state index contributed by atoms with van der Waals surface area (Å²) >= 11 is 0. The number of benzene rings is 1. The van der Waals surface area contributed by atoms with E-state index in [1.807, 2.05) is 12.2 Å². The first-order valence-electron chi connectivity index (χ1n) is 7.85. The van der Waals surface area contributed by atoms with Gasteiger partial charge in [-0.3, -0.25) is 0 Å². The van der Waals surface area contributed by atoms with E-state index in [2.05, 4.69) is 64.1 Å². The Bertz CT molecular complexity index is 679. The van der Waals surface area contributed by atoms with Crippen LogP contribution >= 0.6 is 0 Å².